The molecule has 7 nitrogen and oxygen atoms in total. The van der Waals surface area contributed by atoms with Crippen LogP contribution in [0.15, 0.2) is 10.7 Å². The molecule has 0 fully saturated rings. The van der Waals surface area contributed by atoms with E-state index in [2.05, 4.69) is 26.2 Å². The number of esters is 1. The molecule has 1 N–H and O–H groups in total. The molecule has 0 radical (unpaired) electrons. The molecule has 0 unspecified atom stereocenters. The molecule has 0 aromatic carbocycles. The molecule has 1 aromatic rings. The highest BCUT2D eigenvalue weighted by Crippen LogP contribution is 2.30. The zero-order valence-electron chi connectivity index (χ0n) is 9.90. The zero-order chi connectivity index (χ0) is 13.7. The van der Waals surface area contributed by atoms with Gasteiger partial charge in [-0.25, -0.2) is 4.98 Å². The van der Waals surface area contributed by atoms with E-state index in [9.17, 15) is 14.9 Å². The zero-order valence-corrected chi connectivity index (χ0v) is 11.5. The Morgan fingerprint density at radius 1 is 1.67 bits per heavy atom. The van der Waals surface area contributed by atoms with Gasteiger partial charge in [0.15, 0.2) is 0 Å². The number of nitrogens with zero attached hydrogens (tertiary/aromatic N) is 2. The van der Waals surface area contributed by atoms with Crippen LogP contribution in [0, 0.1) is 17.0 Å². The second-order valence-corrected chi connectivity index (χ2v) is 4.14. The average Bonchev–Trinajstić information content (AvgIpc) is 2.31. The summed E-state index contributed by atoms with van der Waals surface area (Å²) >= 11 is 3.21. The topological polar surface area (TPSA) is 94.4 Å². The average molecular weight is 318 g/mol. The Labute approximate surface area is 112 Å². The second-order valence-electron chi connectivity index (χ2n) is 3.35. The summed E-state index contributed by atoms with van der Waals surface area (Å²) in [6.45, 7) is 3.56. The number of rotatable bonds is 5. The second kappa shape index (κ2) is 6.29. The number of hydrogen-bond acceptors (Lipinski definition) is 6. The quantitative estimate of drug-likeness (QED) is 0.507. The molecule has 98 valence electrons. The number of halogens is 1. The molecular weight excluding hydrogens is 306 g/mol. The smallest absolute Gasteiger partial charge is 0.325 e. The largest absolute Gasteiger partial charge is 0.465 e. The highest BCUT2D eigenvalue weighted by Gasteiger charge is 2.17. The third kappa shape index (κ3) is 3.39. The van der Waals surface area contributed by atoms with Gasteiger partial charge >= 0.3 is 5.97 Å². The van der Waals surface area contributed by atoms with Crippen molar-refractivity contribution in [1.29, 1.82) is 0 Å². The van der Waals surface area contributed by atoms with Crippen LogP contribution < -0.4 is 5.32 Å². The van der Waals surface area contributed by atoms with E-state index in [0.29, 0.717) is 22.5 Å². The van der Waals surface area contributed by atoms with E-state index in [1.165, 1.54) is 0 Å². The molecule has 18 heavy (non-hydrogen) atoms. The summed E-state index contributed by atoms with van der Waals surface area (Å²) in [4.78, 5) is 25.2. The lowest BCUT2D eigenvalue weighted by Gasteiger charge is -2.08. The number of nitro groups is 1. The lowest BCUT2D eigenvalue weighted by molar-refractivity contribution is -0.385. The molecule has 1 heterocycles. The third-order valence-corrected chi connectivity index (χ3v) is 3.11. The summed E-state index contributed by atoms with van der Waals surface area (Å²) in [6, 6.07) is 0. The molecule has 0 aliphatic heterocycles. The molecule has 0 saturated heterocycles. The first-order valence-electron chi connectivity index (χ1n) is 5.16. The number of anilines is 1. The first-order valence-corrected chi connectivity index (χ1v) is 5.95. The van der Waals surface area contributed by atoms with Crippen LogP contribution in [0.4, 0.5) is 11.5 Å². The van der Waals surface area contributed by atoms with Crippen molar-refractivity contribution in [1.82, 2.24) is 4.98 Å². The molecule has 0 bridgehead atoms. The van der Waals surface area contributed by atoms with Crippen LogP contribution in [-0.4, -0.2) is 29.0 Å². The van der Waals surface area contributed by atoms with Crippen LogP contribution in [0.2, 0.25) is 0 Å². The summed E-state index contributed by atoms with van der Waals surface area (Å²) in [5, 5.41) is 13.4. The number of ether oxygens (including phenoxy) is 1. The Balaban J connectivity index is 2.83. The van der Waals surface area contributed by atoms with E-state index in [-0.39, 0.29) is 12.2 Å². The molecule has 1 rings (SSSR count). The van der Waals surface area contributed by atoms with Crippen LogP contribution in [0.25, 0.3) is 0 Å². The highest BCUT2D eigenvalue weighted by atomic mass is 79.9. The summed E-state index contributed by atoms with van der Waals surface area (Å²) in [7, 11) is 0. The predicted octanol–water partition coefficient (Wildman–Crippen LogP) is 2.04. The maximum absolute atomic E-state index is 11.2. The molecule has 0 amide bonds. The summed E-state index contributed by atoms with van der Waals surface area (Å²) in [5.74, 6) is -0.0478. The number of nitrogens with one attached hydrogen (secondary N) is 1. The summed E-state index contributed by atoms with van der Waals surface area (Å²) in [5.41, 5.74) is 0.366. The van der Waals surface area contributed by atoms with Gasteiger partial charge in [0.2, 0.25) is 0 Å². The van der Waals surface area contributed by atoms with Crippen molar-refractivity contribution in [2.45, 2.75) is 13.8 Å². The van der Waals surface area contributed by atoms with Crippen LogP contribution >= 0.6 is 15.9 Å². The Kier molecular flexibility index (Phi) is 5.02. The van der Waals surface area contributed by atoms with Crippen molar-refractivity contribution in [2.24, 2.45) is 0 Å². The SMILES string of the molecule is CCOC(=O)CNc1ncc([N+](=O)[O-])c(C)c1Br. The van der Waals surface area contributed by atoms with Gasteiger partial charge in [-0.05, 0) is 29.8 Å². The van der Waals surface area contributed by atoms with Crippen molar-refractivity contribution < 1.29 is 14.5 Å². The minimum absolute atomic E-state index is 0.0449. The van der Waals surface area contributed by atoms with Gasteiger partial charge < -0.3 is 10.1 Å². The minimum atomic E-state index is -0.512. The van der Waals surface area contributed by atoms with Crippen molar-refractivity contribution >= 4 is 33.4 Å². The van der Waals surface area contributed by atoms with Crippen LogP contribution in [0.1, 0.15) is 12.5 Å². The van der Waals surface area contributed by atoms with Gasteiger partial charge in [0.25, 0.3) is 5.69 Å². The first-order chi connectivity index (χ1) is 8.47. The van der Waals surface area contributed by atoms with Crippen molar-refractivity contribution in [2.75, 3.05) is 18.5 Å². The van der Waals surface area contributed by atoms with E-state index in [1.807, 2.05) is 0 Å². The van der Waals surface area contributed by atoms with E-state index < -0.39 is 10.9 Å². The molecule has 0 spiro atoms. The molecule has 1 aromatic heterocycles. The number of pyridine rings is 1. The van der Waals surface area contributed by atoms with Gasteiger partial charge in [0, 0.05) is 5.56 Å². The third-order valence-electron chi connectivity index (χ3n) is 2.14. The number of carbonyl (C=O) groups is 1. The maximum atomic E-state index is 11.2. The van der Waals surface area contributed by atoms with Gasteiger partial charge in [0.1, 0.15) is 18.6 Å². The molecular formula is C10H12BrN3O4. The monoisotopic (exact) mass is 317 g/mol. The summed E-state index contributed by atoms with van der Waals surface area (Å²) in [6.07, 6.45) is 1.15. The van der Waals surface area contributed by atoms with Gasteiger partial charge in [0.05, 0.1) is 16.0 Å². The maximum Gasteiger partial charge on any atom is 0.325 e. The predicted molar refractivity (Wildman–Crippen MR) is 68.5 cm³/mol. The molecule has 0 saturated carbocycles. The van der Waals surface area contributed by atoms with Crippen LogP contribution in [-0.2, 0) is 9.53 Å². The number of hydrogen-bond donors (Lipinski definition) is 1. The fraction of sp³-hybridized carbons (Fsp3) is 0.400. The number of aromatic nitrogens is 1. The summed E-state index contributed by atoms with van der Waals surface area (Å²) < 4.78 is 5.20. The van der Waals surface area contributed by atoms with Crippen molar-refractivity contribution in [3.8, 4) is 0 Å². The van der Waals surface area contributed by atoms with E-state index in [1.54, 1.807) is 13.8 Å². The van der Waals surface area contributed by atoms with Gasteiger partial charge in [-0.3, -0.25) is 14.9 Å². The Bertz CT molecular complexity index is 478. The fourth-order valence-corrected chi connectivity index (χ4v) is 1.69. The molecule has 8 heteroatoms. The first kappa shape index (κ1) is 14.4. The Morgan fingerprint density at radius 2 is 2.33 bits per heavy atom. The Morgan fingerprint density at radius 3 is 2.89 bits per heavy atom. The van der Waals surface area contributed by atoms with Gasteiger partial charge in [-0.2, -0.15) is 0 Å². The highest BCUT2D eigenvalue weighted by molar-refractivity contribution is 9.10. The lowest BCUT2D eigenvalue weighted by atomic mass is 10.2. The van der Waals surface area contributed by atoms with Gasteiger partial charge in [-0.1, -0.05) is 0 Å². The van der Waals surface area contributed by atoms with Gasteiger partial charge in [-0.15, -0.1) is 0 Å². The van der Waals surface area contributed by atoms with E-state index in [4.69, 9.17) is 4.74 Å². The van der Waals surface area contributed by atoms with Crippen molar-refractivity contribution in [3.63, 3.8) is 0 Å². The normalized spacial score (nSPS) is 9.94. The molecule has 0 aliphatic carbocycles. The van der Waals surface area contributed by atoms with Crippen LogP contribution in [0.3, 0.4) is 0 Å². The van der Waals surface area contributed by atoms with Crippen LogP contribution in [0.5, 0.6) is 0 Å². The van der Waals surface area contributed by atoms with E-state index in [0.717, 1.165) is 6.20 Å². The molecule has 0 atom stereocenters. The van der Waals surface area contributed by atoms with Crippen molar-refractivity contribution in [3.05, 3.63) is 26.3 Å². The minimum Gasteiger partial charge on any atom is -0.465 e. The lowest BCUT2D eigenvalue weighted by Crippen LogP contribution is -2.17. The van der Waals surface area contributed by atoms with E-state index >= 15 is 0 Å². The Hall–Kier alpha value is -1.70. The molecule has 0 aliphatic rings. The standard InChI is InChI=1S/C10H12BrN3O4/c1-3-18-8(15)5-13-10-9(11)6(2)7(4-12-10)14(16)17/h4H,3,5H2,1-2H3,(H,12,13). The fourth-order valence-electron chi connectivity index (χ4n) is 1.24. The number of carbonyl (C=O) groups excluding carboxylic acids is 1.